The molecular formula is C29H36FN5O4S. The van der Waals surface area contributed by atoms with Gasteiger partial charge in [0.05, 0.1) is 17.0 Å². The van der Waals surface area contributed by atoms with Crippen molar-refractivity contribution in [1.29, 1.82) is 0 Å². The molecule has 0 atom stereocenters. The molecule has 1 aliphatic carbocycles. The van der Waals surface area contributed by atoms with Gasteiger partial charge in [-0.15, -0.1) is 6.58 Å². The van der Waals surface area contributed by atoms with E-state index in [1.165, 1.54) is 43.0 Å². The van der Waals surface area contributed by atoms with Crippen LogP contribution in [-0.2, 0) is 21.4 Å². The fourth-order valence-electron chi connectivity index (χ4n) is 5.81. The number of benzene rings is 2. The normalized spacial score (nSPS) is 20.4. The van der Waals surface area contributed by atoms with Crippen LogP contribution in [0.3, 0.4) is 0 Å². The summed E-state index contributed by atoms with van der Waals surface area (Å²) < 4.78 is 44.3. The second-order valence-electron chi connectivity index (χ2n) is 10.7. The van der Waals surface area contributed by atoms with Crippen molar-refractivity contribution in [3.63, 3.8) is 0 Å². The lowest BCUT2D eigenvalue weighted by Gasteiger charge is -2.29. The van der Waals surface area contributed by atoms with Crippen molar-refractivity contribution < 1.29 is 22.7 Å². The minimum absolute atomic E-state index is 0.0197. The number of aliphatic carboxylic acids is 1. The van der Waals surface area contributed by atoms with E-state index in [4.69, 9.17) is 4.98 Å². The highest BCUT2D eigenvalue weighted by molar-refractivity contribution is 7.89. The van der Waals surface area contributed by atoms with Gasteiger partial charge in [-0.05, 0) is 87.5 Å². The number of nitrogens with one attached hydrogen (secondary N) is 2. The van der Waals surface area contributed by atoms with Crippen LogP contribution in [0.2, 0.25) is 0 Å². The van der Waals surface area contributed by atoms with E-state index in [0.717, 1.165) is 36.7 Å². The standard InChI is InChI=1S/C29H36FN5O4S/c1-2-14-31-40(38,39)27-18-22(9-12-24(27)30)32-29-33-25-13-6-20(19-34-15-4-3-5-16-34)17-26(25)35(29)23-10-7-21(8-11-23)28(36)37/h2,6,9,12-13,17-18,21,23,31H,1,3-5,7-8,10-11,14-16,19H2,(H,32,33)(H,36,37). The van der Waals surface area contributed by atoms with E-state index >= 15 is 0 Å². The Bertz CT molecular complexity index is 1490. The topological polar surface area (TPSA) is 117 Å². The number of piperidine rings is 1. The number of carboxylic acids is 1. The molecule has 3 aromatic rings. The van der Waals surface area contributed by atoms with Gasteiger partial charge in [0.25, 0.3) is 0 Å². The maximum atomic E-state index is 14.6. The van der Waals surface area contributed by atoms with Gasteiger partial charge in [0.1, 0.15) is 10.7 Å². The summed E-state index contributed by atoms with van der Waals surface area (Å²) in [6.07, 6.45) is 7.58. The maximum Gasteiger partial charge on any atom is 0.306 e. The monoisotopic (exact) mass is 569 g/mol. The molecule has 9 nitrogen and oxygen atoms in total. The molecule has 3 N–H and O–H groups in total. The molecule has 40 heavy (non-hydrogen) atoms. The van der Waals surface area contributed by atoms with Gasteiger partial charge in [0.2, 0.25) is 16.0 Å². The van der Waals surface area contributed by atoms with Gasteiger partial charge in [0, 0.05) is 24.8 Å². The molecular weight excluding hydrogens is 533 g/mol. The van der Waals surface area contributed by atoms with Gasteiger partial charge in [-0.25, -0.2) is 22.5 Å². The zero-order chi connectivity index (χ0) is 28.3. The summed E-state index contributed by atoms with van der Waals surface area (Å²) in [5, 5.41) is 12.7. The van der Waals surface area contributed by atoms with Crippen LogP contribution in [0.5, 0.6) is 0 Å². The highest BCUT2D eigenvalue weighted by Crippen LogP contribution is 2.38. The lowest BCUT2D eigenvalue weighted by Crippen LogP contribution is -2.29. The molecule has 1 saturated carbocycles. The Kier molecular flexibility index (Phi) is 8.53. The molecule has 2 aliphatic rings. The van der Waals surface area contributed by atoms with Gasteiger partial charge in [-0.3, -0.25) is 9.69 Å². The Morgan fingerprint density at radius 1 is 1.10 bits per heavy atom. The molecule has 11 heteroatoms. The Morgan fingerprint density at radius 3 is 2.55 bits per heavy atom. The van der Waals surface area contributed by atoms with Crippen molar-refractivity contribution in [2.75, 3.05) is 25.0 Å². The van der Waals surface area contributed by atoms with E-state index in [9.17, 15) is 22.7 Å². The van der Waals surface area contributed by atoms with Gasteiger partial charge in [-0.2, -0.15) is 0 Å². The second-order valence-corrected chi connectivity index (χ2v) is 12.5. The third-order valence-corrected chi connectivity index (χ3v) is 9.35. The van der Waals surface area contributed by atoms with E-state index in [-0.39, 0.29) is 18.5 Å². The van der Waals surface area contributed by atoms with Crippen LogP contribution in [0.4, 0.5) is 16.0 Å². The summed E-state index contributed by atoms with van der Waals surface area (Å²) in [7, 11) is -4.08. The molecule has 2 heterocycles. The van der Waals surface area contributed by atoms with E-state index < -0.39 is 26.7 Å². The average Bonchev–Trinajstić information content (AvgIpc) is 3.30. The van der Waals surface area contributed by atoms with Crippen LogP contribution in [-0.4, -0.2) is 53.6 Å². The number of sulfonamides is 1. The van der Waals surface area contributed by atoms with E-state index in [1.807, 2.05) is 6.07 Å². The zero-order valence-electron chi connectivity index (χ0n) is 22.5. The molecule has 0 bridgehead atoms. The molecule has 0 amide bonds. The highest BCUT2D eigenvalue weighted by Gasteiger charge is 2.29. The molecule has 2 aromatic carbocycles. The predicted octanol–water partition coefficient (Wildman–Crippen LogP) is 5.19. The molecule has 0 spiro atoms. The molecule has 0 radical (unpaired) electrons. The van der Waals surface area contributed by atoms with E-state index in [2.05, 4.69) is 38.2 Å². The SMILES string of the molecule is C=CCNS(=O)(=O)c1cc(Nc2nc3ccc(CN4CCCCC4)cc3n2C2CCC(C(=O)O)CC2)ccc1F. The van der Waals surface area contributed by atoms with Crippen molar-refractivity contribution in [2.24, 2.45) is 5.92 Å². The smallest absolute Gasteiger partial charge is 0.306 e. The summed E-state index contributed by atoms with van der Waals surface area (Å²) in [5.74, 6) is -1.46. The fraction of sp³-hybridized carbons (Fsp3) is 0.448. The first-order valence-electron chi connectivity index (χ1n) is 13.9. The number of anilines is 2. The second kappa shape index (κ2) is 12.1. The molecule has 5 rings (SSSR count). The minimum Gasteiger partial charge on any atom is -0.481 e. The van der Waals surface area contributed by atoms with Crippen molar-refractivity contribution in [1.82, 2.24) is 19.2 Å². The van der Waals surface area contributed by atoms with Crippen LogP contribution in [0, 0.1) is 11.7 Å². The third-order valence-electron chi connectivity index (χ3n) is 7.91. The molecule has 214 valence electrons. The van der Waals surface area contributed by atoms with Crippen LogP contribution < -0.4 is 10.0 Å². The number of aromatic nitrogens is 2. The molecule has 1 aliphatic heterocycles. The van der Waals surface area contributed by atoms with Gasteiger partial charge in [0.15, 0.2) is 0 Å². The summed E-state index contributed by atoms with van der Waals surface area (Å²) in [4.78, 5) is 18.4. The van der Waals surface area contributed by atoms with Gasteiger partial charge >= 0.3 is 5.97 Å². The number of carbonyl (C=O) groups is 1. The number of fused-ring (bicyclic) bond motifs is 1. The fourth-order valence-corrected chi connectivity index (χ4v) is 6.91. The maximum absolute atomic E-state index is 14.6. The lowest BCUT2D eigenvalue weighted by atomic mass is 9.86. The largest absolute Gasteiger partial charge is 0.481 e. The Morgan fingerprint density at radius 2 is 1.85 bits per heavy atom. The Hall–Kier alpha value is -3.28. The highest BCUT2D eigenvalue weighted by atomic mass is 32.2. The number of likely N-dealkylation sites (tertiary alicyclic amines) is 1. The van der Waals surface area contributed by atoms with Gasteiger partial charge < -0.3 is 15.0 Å². The summed E-state index contributed by atoms with van der Waals surface area (Å²) in [5.41, 5.74) is 3.29. The van der Waals surface area contributed by atoms with Crippen molar-refractivity contribution in [3.8, 4) is 0 Å². The van der Waals surface area contributed by atoms with Crippen molar-refractivity contribution in [2.45, 2.75) is 62.4 Å². The third kappa shape index (κ3) is 6.21. The summed E-state index contributed by atoms with van der Waals surface area (Å²) in [6.45, 7) is 6.50. The molecule has 2 fully saturated rings. The quantitative estimate of drug-likeness (QED) is 0.288. The van der Waals surface area contributed by atoms with Crippen LogP contribution >= 0.6 is 0 Å². The van der Waals surface area contributed by atoms with Crippen molar-refractivity contribution >= 4 is 38.7 Å². The summed E-state index contributed by atoms with van der Waals surface area (Å²) >= 11 is 0. The molecule has 1 aromatic heterocycles. The Labute approximate surface area is 234 Å². The number of imidazole rings is 1. The number of nitrogens with zero attached hydrogens (tertiary/aromatic N) is 3. The van der Waals surface area contributed by atoms with Crippen LogP contribution in [0.25, 0.3) is 11.0 Å². The van der Waals surface area contributed by atoms with Crippen molar-refractivity contribution in [3.05, 3.63) is 60.4 Å². The number of hydrogen-bond donors (Lipinski definition) is 3. The van der Waals surface area contributed by atoms with Gasteiger partial charge in [-0.1, -0.05) is 18.6 Å². The number of halogens is 1. The first-order valence-corrected chi connectivity index (χ1v) is 15.4. The first kappa shape index (κ1) is 28.3. The number of carboxylic acid groups (broad SMARTS) is 1. The minimum atomic E-state index is -4.08. The average molecular weight is 570 g/mol. The lowest BCUT2D eigenvalue weighted by molar-refractivity contribution is -0.143. The number of hydrogen-bond acceptors (Lipinski definition) is 6. The predicted molar refractivity (Wildman–Crippen MR) is 153 cm³/mol. The number of rotatable bonds is 10. The van der Waals surface area contributed by atoms with E-state index in [0.29, 0.717) is 37.3 Å². The van der Waals surface area contributed by atoms with E-state index in [1.54, 1.807) is 0 Å². The molecule has 0 unspecified atom stereocenters. The zero-order valence-corrected chi connectivity index (χ0v) is 23.3. The molecule has 1 saturated heterocycles. The summed E-state index contributed by atoms with van der Waals surface area (Å²) in [6, 6.07) is 10.1. The van der Waals surface area contributed by atoms with Crippen LogP contribution in [0.15, 0.2) is 53.9 Å². The van der Waals surface area contributed by atoms with Crippen LogP contribution in [0.1, 0.15) is 56.6 Å². The Balaban J connectivity index is 1.50. The first-order chi connectivity index (χ1) is 19.2.